The van der Waals surface area contributed by atoms with Gasteiger partial charge >= 0.3 is 21.4 Å². The number of nitrogens with zero attached hydrogens (tertiary/aromatic N) is 1. The Labute approximate surface area is 418 Å². The van der Waals surface area contributed by atoms with E-state index in [1.807, 2.05) is 0 Å². The van der Waals surface area contributed by atoms with Crippen molar-refractivity contribution in [3.63, 3.8) is 0 Å². The molecular weight excluding hydrogens is 863 g/mol. The molecule has 3 aliphatic rings. The largest absolute Gasteiger partial charge is 0.494 e. The molecule has 0 unspecified atom stereocenters. The summed E-state index contributed by atoms with van der Waals surface area (Å²) in [6.45, 7) is 25.0. The molecule has 0 N–H and O–H groups in total. The molecule has 3 aliphatic heterocycles. The monoisotopic (exact) mass is 930 g/mol. The fourth-order valence-electron chi connectivity index (χ4n) is 8.59. The molecular formula is C60H66B3NO6. The molecule has 0 amide bonds. The van der Waals surface area contributed by atoms with E-state index in [0.29, 0.717) is 0 Å². The molecule has 3 saturated heterocycles. The molecule has 0 atom stereocenters. The van der Waals surface area contributed by atoms with Crippen molar-refractivity contribution < 1.29 is 27.9 Å². The Balaban J connectivity index is 0.949. The molecule has 356 valence electrons. The predicted octanol–water partition coefficient (Wildman–Crippen LogP) is 12.6. The van der Waals surface area contributed by atoms with Crippen LogP contribution in [0.1, 0.15) is 116 Å². The Kier molecular flexibility index (Phi) is 13.2. The highest BCUT2D eigenvalue weighted by Gasteiger charge is 2.53. The number of anilines is 3. The number of hydrogen-bond acceptors (Lipinski definition) is 7. The quantitative estimate of drug-likeness (QED) is 0.0895. The summed E-state index contributed by atoms with van der Waals surface area (Å²) in [5.74, 6) is 0. The van der Waals surface area contributed by atoms with Gasteiger partial charge < -0.3 is 32.8 Å². The zero-order valence-electron chi connectivity index (χ0n) is 42.9. The van der Waals surface area contributed by atoms with Gasteiger partial charge in [-0.05, 0) is 169 Å². The molecule has 70 heavy (non-hydrogen) atoms. The van der Waals surface area contributed by atoms with E-state index >= 15 is 0 Å². The first-order valence-electron chi connectivity index (χ1n) is 24.6. The van der Waals surface area contributed by atoms with Gasteiger partial charge in [0.1, 0.15) is 0 Å². The number of benzene rings is 6. The maximum Gasteiger partial charge on any atom is 0.494 e. The molecule has 0 aromatic heterocycles. The molecule has 0 saturated carbocycles. The van der Waals surface area contributed by atoms with E-state index in [9.17, 15) is 0 Å². The molecule has 7 nitrogen and oxygen atoms in total. The summed E-state index contributed by atoms with van der Waals surface area (Å²) in [6.07, 6.45) is 12.9. The van der Waals surface area contributed by atoms with Gasteiger partial charge in [-0.15, -0.1) is 0 Å². The van der Waals surface area contributed by atoms with Crippen molar-refractivity contribution in [1.29, 1.82) is 0 Å². The number of rotatable bonds is 12. The molecule has 0 bridgehead atoms. The minimum absolute atomic E-state index is 0.396. The third-order valence-corrected chi connectivity index (χ3v) is 15.2. The fourth-order valence-corrected chi connectivity index (χ4v) is 8.59. The van der Waals surface area contributed by atoms with E-state index in [4.69, 9.17) is 27.9 Å². The highest BCUT2D eigenvalue weighted by atomic mass is 16.7. The van der Waals surface area contributed by atoms with Crippen LogP contribution in [0.5, 0.6) is 0 Å². The van der Waals surface area contributed by atoms with Crippen LogP contribution in [0.15, 0.2) is 146 Å². The third-order valence-electron chi connectivity index (χ3n) is 15.2. The highest BCUT2D eigenvalue weighted by Crippen LogP contribution is 2.40. The van der Waals surface area contributed by atoms with Crippen LogP contribution < -0.4 is 21.3 Å². The first-order chi connectivity index (χ1) is 33.1. The molecule has 0 spiro atoms. The van der Waals surface area contributed by atoms with Gasteiger partial charge in [-0.2, -0.15) is 0 Å². The lowest BCUT2D eigenvalue weighted by atomic mass is 9.78. The summed E-state index contributed by atoms with van der Waals surface area (Å²) in [7, 11) is -1.22. The van der Waals surface area contributed by atoms with Gasteiger partial charge in [0.2, 0.25) is 0 Å². The Morgan fingerprint density at radius 1 is 0.286 bits per heavy atom. The van der Waals surface area contributed by atoms with Gasteiger partial charge in [-0.3, -0.25) is 0 Å². The molecule has 6 aromatic rings. The summed E-state index contributed by atoms with van der Waals surface area (Å²) in [5, 5.41) is 0. The smallest absolute Gasteiger partial charge is 0.399 e. The second-order valence-electron chi connectivity index (χ2n) is 21.9. The van der Waals surface area contributed by atoms with Crippen molar-refractivity contribution >= 4 is 91.3 Å². The molecule has 0 aliphatic carbocycles. The Bertz CT molecular complexity index is 2550. The van der Waals surface area contributed by atoms with Gasteiger partial charge in [0.25, 0.3) is 0 Å². The summed E-state index contributed by atoms with van der Waals surface area (Å²) >= 11 is 0. The molecule has 9 rings (SSSR count). The Morgan fingerprint density at radius 2 is 0.500 bits per heavy atom. The maximum atomic E-state index is 6.34. The molecule has 6 aromatic carbocycles. The van der Waals surface area contributed by atoms with E-state index in [0.717, 1.165) is 66.8 Å². The van der Waals surface area contributed by atoms with Crippen molar-refractivity contribution in [3.8, 4) is 0 Å². The van der Waals surface area contributed by atoms with Gasteiger partial charge in [0.05, 0.1) is 33.6 Å². The van der Waals surface area contributed by atoms with Crippen LogP contribution in [0, 0.1) is 0 Å². The van der Waals surface area contributed by atoms with Crippen LogP contribution in [0.4, 0.5) is 17.1 Å². The topological polar surface area (TPSA) is 58.6 Å². The van der Waals surface area contributed by atoms with E-state index in [1.165, 1.54) is 0 Å². The first-order valence-corrected chi connectivity index (χ1v) is 24.6. The lowest BCUT2D eigenvalue weighted by Crippen LogP contribution is -2.41. The predicted molar refractivity (Wildman–Crippen MR) is 294 cm³/mol. The minimum Gasteiger partial charge on any atom is -0.399 e. The van der Waals surface area contributed by atoms with Crippen LogP contribution in [0.3, 0.4) is 0 Å². The van der Waals surface area contributed by atoms with E-state index in [2.05, 4.69) is 270 Å². The fraction of sp³-hybridized carbons (Fsp3) is 0.300. The van der Waals surface area contributed by atoms with Gasteiger partial charge in [0.15, 0.2) is 0 Å². The van der Waals surface area contributed by atoms with Gasteiger partial charge in [-0.25, -0.2) is 0 Å². The van der Waals surface area contributed by atoms with Crippen LogP contribution in [0.25, 0.3) is 36.5 Å². The normalized spacial score (nSPS) is 19.8. The summed E-state index contributed by atoms with van der Waals surface area (Å²) in [5.41, 5.74) is 10.3. The second kappa shape index (κ2) is 18.8. The van der Waals surface area contributed by atoms with Crippen molar-refractivity contribution in [2.24, 2.45) is 0 Å². The van der Waals surface area contributed by atoms with Gasteiger partial charge in [-0.1, -0.05) is 146 Å². The average molecular weight is 930 g/mol. The Hall–Kier alpha value is -5.71. The Morgan fingerprint density at radius 3 is 0.729 bits per heavy atom. The van der Waals surface area contributed by atoms with Crippen LogP contribution in [-0.4, -0.2) is 55.0 Å². The van der Waals surface area contributed by atoms with Crippen LogP contribution in [-0.2, 0) is 27.9 Å². The molecule has 3 fully saturated rings. The SMILES string of the molecule is CC1(C)OB(c2cccc(C=Cc3ccc(N(c4ccc(C=Cc5cccc(B6OC(C)(C)C(C)(C)O6)c5)cc4)c4ccc(C=Cc5cccc(B6OC(C)(C)C(C)(C)O6)c5)cc4)cc3)c2)OC1(C)C. The average Bonchev–Trinajstić information content (AvgIpc) is 3.80. The van der Waals surface area contributed by atoms with Crippen molar-refractivity contribution in [2.75, 3.05) is 4.90 Å². The van der Waals surface area contributed by atoms with Crippen molar-refractivity contribution in [1.82, 2.24) is 0 Å². The lowest BCUT2D eigenvalue weighted by molar-refractivity contribution is 0.00578. The number of hydrogen-bond donors (Lipinski definition) is 0. The molecule has 10 heteroatoms. The van der Waals surface area contributed by atoms with Crippen molar-refractivity contribution in [2.45, 2.75) is 117 Å². The molecule has 0 radical (unpaired) electrons. The van der Waals surface area contributed by atoms with Crippen LogP contribution >= 0.6 is 0 Å². The highest BCUT2D eigenvalue weighted by molar-refractivity contribution is 6.63. The van der Waals surface area contributed by atoms with E-state index in [1.54, 1.807) is 0 Å². The summed E-state index contributed by atoms with van der Waals surface area (Å²) in [6, 6.07) is 51.2. The zero-order valence-corrected chi connectivity index (χ0v) is 42.9. The van der Waals surface area contributed by atoms with E-state index in [-0.39, 0.29) is 0 Å². The molecule has 3 heterocycles. The summed E-state index contributed by atoms with van der Waals surface area (Å²) < 4.78 is 38.0. The zero-order chi connectivity index (χ0) is 49.7. The lowest BCUT2D eigenvalue weighted by Gasteiger charge is -2.32. The summed E-state index contributed by atoms with van der Waals surface area (Å²) in [4.78, 5) is 2.30. The van der Waals surface area contributed by atoms with Crippen LogP contribution in [0.2, 0.25) is 0 Å². The first kappa shape index (κ1) is 49.3. The van der Waals surface area contributed by atoms with Gasteiger partial charge in [0, 0.05) is 17.1 Å². The second-order valence-corrected chi connectivity index (χ2v) is 21.9. The van der Waals surface area contributed by atoms with Crippen molar-refractivity contribution in [3.05, 3.63) is 179 Å². The van der Waals surface area contributed by atoms with E-state index < -0.39 is 55.0 Å². The third kappa shape index (κ3) is 10.4. The standard InChI is InChI=1S/C60H66B3NO6/c1-55(2)56(3,4)66-61(65-55)49-19-13-16-46(40-49)25-22-43-28-34-52(35-29-43)64(53-36-30-44(31-37-53)23-26-47-17-14-20-50(41-47)62-67-57(5,6)58(7,8)68-62)54-38-32-45(33-39-54)24-27-48-18-15-21-51(42-48)63-69-59(9,10)60(11,12)70-63/h13-42H,1-12H3. The maximum absolute atomic E-state index is 6.34. The minimum atomic E-state index is -0.408.